The predicted molar refractivity (Wildman–Crippen MR) is 70.8 cm³/mol. The van der Waals surface area contributed by atoms with E-state index in [1.54, 1.807) is 0 Å². The number of rotatable bonds is 6. The van der Waals surface area contributed by atoms with Crippen molar-refractivity contribution in [1.82, 2.24) is 10.6 Å². The normalized spacial score (nSPS) is 25.6. The van der Waals surface area contributed by atoms with Crippen molar-refractivity contribution in [2.24, 2.45) is 11.8 Å². The third kappa shape index (κ3) is 5.92. The molecule has 1 saturated carbocycles. The van der Waals surface area contributed by atoms with E-state index >= 15 is 0 Å². The lowest BCUT2D eigenvalue weighted by molar-refractivity contribution is -0.141. The molecular formula is C13H24N2O4. The zero-order chi connectivity index (χ0) is 14.5. The van der Waals surface area contributed by atoms with Gasteiger partial charge < -0.3 is 20.8 Å². The Kier molecular flexibility index (Phi) is 5.60. The molecule has 1 aliphatic carbocycles. The molecule has 0 aliphatic heterocycles. The summed E-state index contributed by atoms with van der Waals surface area (Å²) in [5.74, 6) is 0.0627. The van der Waals surface area contributed by atoms with Crippen LogP contribution in [0.4, 0.5) is 4.79 Å². The average Bonchev–Trinajstić information content (AvgIpc) is 2.68. The van der Waals surface area contributed by atoms with Crippen LogP contribution in [0.25, 0.3) is 0 Å². The lowest BCUT2D eigenvalue weighted by Crippen LogP contribution is -2.46. The number of carboxylic acids is 1. The third-order valence-corrected chi connectivity index (χ3v) is 3.73. The van der Waals surface area contributed by atoms with Crippen LogP contribution >= 0.6 is 0 Å². The predicted octanol–water partition coefficient (Wildman–Crippen LogP) is 0.948. The van der Waals surface area contributed by atoms with Crippen molar-refractivity contribution >= 4 is 12.0 Å². The van der Waals surface area contributed by atoms with Crippen molar-refractivity contribution in [3.05, 3.63) is 0 Å². The molecule has 0 bridgehead atoms. The minimum Gasteiger partial charge on any atom is -0.481 e. The summed E-state index contributed by atoms with van der Waals surface area (Å²) in [6.45, 7) is 4.13. The number of hydrogen-bond donors (Lipinski definition) is 4. The summed E-state index contributed by atoms with van der Waals surface area (Å²) < 4.78 is 0. The molecule has 4 N–H and O–H groups in total. The monoisotopic (exact) mass is 272 g/mol. The van der Waals surface area contributed by atoms with E-state index in [9.17, 15) is 14.7 Å². The van der Waals surface area contributed by atoms with E-state index in [0.717, 1.165) is 6.42 Å². The Balaban J connectivity index is 2.22. The van der Waals surface area contributed by atoms with Gasteiger partial charge in [-0.1, -0.05) is 19.8 Å². The molecule has 110 valence electrons. The Hall–Kier alpha value is -1.30. The van der Waals surface area contributed by atoms with Crippen molar-refractivity contribution < 1.29 is 19.8 Å². The van der Waals surface area contributed by atoms with E-state index in [1.807, 2.05) is 0 Å². The molecule has 0 aromatic rings. The van der Waals surface area contributed by atoms with Gasteiger partial charge in [0.05, 0.1) is 12.0 Å². The first kappa shape index (κ1) is 15.8. The molecule has 0 heterocycles. The smallest absolute Gasteiger partial charge is 0.314 e. The van der Waals surface area contributed by atoms with Crippen molar-refractivity contribution in [2.75, 3.05) is 13.1 Å². The van der Waals surface area contributed by atoms with E-state index in [2.05, 4.69) is 17.6 Å². The van der Waals surface area contributed by atoms with Crippen LogP contribution in [-0.4, -0.2) is 40.9 Å². The number of carbonyl (C=O) groups is 2. The van der Waals surface area contributed by atoms with Gasteiger partial charge in [0, 0.05) is 13.1 Å². The molecule has 0 aromatic heterocycles. The van der Waals surface area contributed by atoms with Crippen LogP contribution in [-0.2, 0) is 4.79 Å². The summed E-state index contributed by atoms with van der Waals surface area (Å²) in [6, 6.07) is -0.357. The van der Waals surface area contributed by atoms with Crippen molar-refractivity contribution in [2.45, 2.75) is 45.1 Å². The van der Waals surface area contributed by atoms with Gasteiger partial charge in [-0.25, -0.2) is 4.79 Å². The average molecular weight is 272 g/mol. The number of hydrogen-bond acceptors (Lipinski definition) is 3. The number of urea groups is 1. The van der Waals surface area contributed by atoms with Gasteiger partial charge in [-0.2, -0.15) is 0 Å². The summed E-state index contributed by atoms with van der Waals surface area (Å²) in [5, 5.41) is 23.6. The number of nitrogens with one attached hydrogen (secondary N) is 2. The van der Waals surface area contributed by atoms with Gasteiger partial charge in [-0.05, 0) is 25.2 Å². The molecule has 1 rings (SSSR count). The van der Waals surface area contributed by atoms with Gasteiger partial charge in [0.15, 0.2) is 0 Å². The first-order chi connectivity index (χ1) is 8.80. The van der Waals surface area contributed by atoms with Crippen molar-refractivity contribution in [3.63, 3.8) is 0 Å². The van der Waals surface area contributed by atoms with Gasteiger partial charge in [-0.3, -0.25) is 4.79 Å². The maximum absolute atomic E-state index is 11.6. The number of carboxylic acid groups (broad SMARTS) is 1. The number of aliphatic hydroxyl groups is 1. The molecule has 2 amide bonds. The quantitative estimate of drug-likeness (QED) is 0.578. The molecule has 0 radical (unpaired) electrons. The van der Waals surface area contributed by atoms with Crippen LogP contribution < -0.4 is 10.6 Å². The highest BCUT2D eigenvalue weighted by atomic mass is 16.4. The second-order valence-electron chi connectivity index (χ2n) is 5.80. The largest absolute Gasteiger partial charge is 0.481 e. The molecule has 19 heavy (non-hydrogen) atoms. The van der Waals surface area contributed by atoms with Crippen LogP contribution in [0, 0.1) is 11.8 Å². The molecule has 6 nitrogen and oxygen atoms in total. The first-order valence-electron chi connectivity index (χ1n) is 6.76. The summed E-state index contributed by atoms with van der Waals surface area (Å²) in [7, 11) is 0. The van der Waals surface area contributed by atoms with Crippen LogP contribution in [0.5, 0.6) is 0 Å². The zero-order valence-corrected chi connectivity index (χ0v) is 11.6. The Labute approximate surface area is 113 Å². The molecule has 1 aliphatic rings. The highest BCUT2D eigenvalue weighted by Gasteiger charge is 2.26. The Bertz CT molecular complexity index is 331. The maximum Gasteiger partial charge on any atom is 0.314 e. The number of aliphatic carboxylic acids is 1. The molecule has 3 atom stereocenters. The lowest BCUT2D eigenvalue weighted by atomic mass is 9.98. The highest BCUT2D eigenvalue weighted by molar-refractivity contribution is 5.74. The van der Waals surface area contributed by atoms with Crippen LogP contribution in [0.2, 0.25) is 0 Å². The van der Waals surface area contributed by atoms with Crippen molar-refractivity contribution in [3.8, 4) is 0 Å². The van der Waals surface area contributed by atoms with E-state index < -0.39 is 18.0 Å². The van der Waals surface area contributed by atoms with E-state index in [1.165, 1.54) is 19.8 Å². The summed E-state index contributed by atoms with van der Waals surface area (Å²) in [6.07, 6.45) is 3.16. The minimum absolute atomic E-state index is 0.0780. The van der Waals surface area contributed by atoms with Gasteiger partial charge in [0.25, 0.3) is 0 Å². The molecule has 0 saturated heterocycles. The molecule has 6 heteroatoms. The van der Waals surface area contributed by atoms with Gasteiger partial charge in [0.2, 0.25) is 0 Å². The van der Waals surface area contributed by atoms with E-state index in [-0.39, 0.29) is 12.6 Å². The Morgan fingerprint density at radius 1 is 1.32 bits per heavy atom. The summed E-state index contributed by atoms with van der Waals surface area (Å²) in [4.78, 5) is 22.1. The zero-order valence-electron chi connectivity index (χ0n) is 11.6. The fourth-order valence-electron chi connectivity index (χ4n) is 2.47. The van der Waals surface area contributed by atoms with Crippen LogP contribution in [0.3, 0.4) is 0 Å². The topological polar surface area (TPSA) is 98.7 Å². The summed E-state index contributed by atoms with van der Waals surface area (Å²) in [5.41, 5.74) is -1.43. The fourth-order valence-corrected chi connectivity index (χ4v) is 2.47. The molecule has 1 fully saturated rings. The third-order valence-electron chi connectivity index (χ3n) is 3.73. The van der Waals surface area contributed by atoms with Crippen LogP contribution in [0.15, 0.2) is 0 Å². The van der Waals surface area contributed by atoms with Gasteiger partial charge in [0.1, 0.15) is 0 Å². The highest BCUT2D eigenvalue weighted by Crippen LogP contribution is 2.30. The van der Waals surface area contributed by atoms with Gasteiger partial charge in [-0.15, -0.1) is 0 Å². The van der Waals surface area contributed by atoms with Gasteiger partial charge >= 0.3 is 12.0 Å². The van der Waals surface area contributed by atoms with Crippen molar-refractivity contribution in [1.29, 1.82) is 0 Å². The number of amides is 2. The molecular weight excluding hydrogens is 248 g/mol. The minimum atomic E-state index is -1.43. The Morgan fingerprint density at radius 2 is 2.00 bits per heavy atom. The molecule has 0 aromatic carbocycles. The second kappa shape index (κ2) is 6.75. The second-order valence-corrected chi connectivity index (χ2v) is 5.80. The Morgan fingerprint density at radius 3 is 2.53 bits per heavy atom. The fraction of sp³-hybridized carbons (Fsp3) is 0.846. The summed E-state index contributed by atoms with van der Waals surface area (Å²) >= 11 is 0. The standard InChI is InChI=1S/C13H24N2O4/c1-9-4-3-5-10(9)7-14-12(18)15-8-13(2,19)6-11(16)17/h9-10,19H,3-8H2,1-2H3,(H,16,17)(H2,14,15,18). The van der Waals surface area contributed by atoms with E-state index in [4.69, 9.17) is 5.11 Å². The number of carbonyl (C=O) groups excluding carboxylic acids is 1. The lowest BCUT2D eigenvalue weighted by Gasteiger charge is -2.22. The molecule has 0 spiro atoms. The first-order valence-corrected chi connectivity index (χ1v) is 6.76. The molecule has 3 unspecified atom stereocenters. The maximum atomic E-state index is 11.6. The van der Waals surface area contributed by atoms with E-state index in [0.29, 0.717) is 18.4 Å². The van der Waals surface area contributed by atoms with Crippen LogP contribution in [0.1, 0.15) is 39.5 Å². The SMILES string of the molecule is CC1CCCC1CNC(=O)NCC(C)(O)CC(=O)O.